The van der Waals surface area contributed by atoms with Crippen LogP contribution in [-0.4, -0.2) is 9.13 Å². The maximum Gasteiger partial charge on any atom is 0.135 e. The summed E-state index contributed by atoms with van der Waals surface area (Å²) in [7, 11) is 0. The normalized spacial score (nSPS) is 12.2. The largest absolute Gasteiger partial charge is 0.456 e. The van der Waals surface area contributed by atoms with Crippen molar-refractivity contribution in [1.29, 1.82) is 0 Å². The summed E-state index contributed by atoms with van der Waals surface area (Å²) in [6.07, 6.45) is 0. The fourth-order valence-corrected chi connectivity index (χ4v) is 7.97. The molecule has 43 heavy (non-hydrogen) atoms. The molecule has 0 N–H and O–H groups in total. The van der Waals surface area contributed by atoms with Crippen LogP contribution < -0.4 is 0 Å². The van der Waals surface area contributed by atoms with Crippen LogP contribution in [0.1, 0.15) is 0 Å². The summed E-state index contributed by atoms with van der Waals surface area (Å²) in [6.45, 7) is 0. The summed E-state index contributed by atoms with van der Waals surface area (Å²) in [6, 6.07) is 38.9. The highest BCUT2D eigenvalue weighted by Crippen LogP contribution is 2.40. The van der Waals surface area contributed by atoms with Crippen molar-refractivity contribution in [3.05, 3.63) is 127 Å². The van der Waals surface area contributed by atoms with Gasteiger partial charge in [0.15, 0.2) is 0 Å². The number of rotatable bonds is 2. The molecular formula is C36H18Br4N2O. The predicted octanol–water partition coefficient (Wildman–Crippen LogP) is 12.8. The number of fused-ring (bicyclic) bond motifs is 9. The first-order valence-electron chi connectivity index (χ1n) is 13.7. The number of hydrogen-bond donors (Lipinski definition) is 0. The molecule has 0 aliphatic rings. The van der Waals surface area contributed by atoms with Crippen LogP contribution >= 0.6 is 63.7 Å². The summed E-state index contributed by atoms with van der Waals surface area (Å²) in [4.78, 5) is 0. The van der Waals surface area contributed by atoms with E-state index in [9.17, 15) is 0 Å². The molecule has 9 rings (SSSR count). The molecule has 206 valence electrons. The van der Waals surface area contributed by atoms with Crippen molar-refractivity contribution in [2.45, 2.75) is 0 Å². The molecule has 0 fully saturated rings. The average molecular weight is 814 g/mol. The molecule has 0 spiro atoms. The average Bonchev–Trinajstić information content (AvgIpc) is 3.63. The highest BCUT2D eigenvalue weighted by atomic mass is 79.9. The Morgan fingerprint density at radius 3 is 1.00 bits per heavy atom. The molecule has 0 amide bonds. The lowest BCUT2D eigenvalue weighted by Gasteiger charge is -2.09. The summed E-state index contributed by atoms with van der Waals surface area (Å²) in [5, 5.41) is 6.99. The lowest BCUT2D eigenvalue weighted by Crippen LogP contribution is -1.94. The second-order valence-electron chi connectivity index (χ2n) is 10.8. The number of benzene rings is 6. The molecular weight excluding hydrogens is 796 g/mol. The van der Waals surface area contributed by atoms with E-state index in [1.807, 2.05) is 0 Å². The van der Waals surface area contributed by atoms with E-state index < -0.39 is 0 Å². The van der Waals surface area contributed by atoms with Gasteiger partial charge < -0.3 is 13.6 Å². The van der Waals surface area contributed by atoms with Gasteiger partial charge in [-0.3, -0.25) is 0 Å². The molecule has 0 radical (unpaired) electrons. The van der Waals surface area contributed by atoms with E-state index in [1.165, 1.54) is 21.5 Å². The second kappa shape index (κ2) is 9.57. The number of furan rings is 1. The first-order valence-corrected chi connectivity index (χ1v) is 16.9. The Bertz CT molecular complexity index is 2330. The zero-order valence-electron chi connectivity index (χ0n) is 22.2. The number of halogens is 4. The van der Waals surface area contributed by atoms with Gasteiger partial charge in [0, 0.05) is 61.6 Å². The summed E-state index contributed by atoms with van der Waals surface area (Å²) < 4.78 is 15.3. The Morgan fingerprint density at radius 2 is 0.674 bits per heavy atom. The van der Waals surface area contributed by atoms with Gasteiger partial charge in [0.1, 0.15) is 11.2 Å². The minimum Gasteiger partial charge on any atom is -0.456 e. The van der Waals surface area contributed by atoms with Gasteiger partial charge in [-0.05, 0) is 109 Å². The summed E-state index contributed by atoms with van der Waals surface area (Å²) in [5.74, 6) is 0. The van der Waals surface area contributed by atoms with E-state index in [2.05, 4.69) is 182 Å². The van der Waals surface area contributed by atoms with Crippen molar-refractivity contribution < 1.29 is 4.42 Å². The SMILES string of the molecule is Brc1ccc2c(c1)c1cc(Br)ccc1n2-c1ccc2oc3ccc(-n4c5ccc(Br)cc5c5cc(Br)ccc54)cc3c2c1. The molecule has 7 heteroatoms. The van der Waals surface area contributed by atoms with Crippen molar-refractivity contribution in [3.8, 4) is 11.4 Å². The lowest BCUT2D eigenvalue weighted by molar-refractivity contribution is 0.669. The van der Waals surface area contributed by atoms with Gasteiger partial charge >= 0.3 is 0 Å². The van der Waals surface area contributed by atoms with Gasteiger partial charge in [-0.2, -0.15) is 0 Å². The lowest BCUT2D eigenvalue weighted by atomic mass is 10.1. The van der Waals surface area contributed by atoms with E-state index in [0.717, 1.165) is 73.3 Å². The Kier molecular flexibility index (Phi) is 5.80. The smallest absolute Gasteiger partial charge is 0.135 e. The van der Waals surface area contributed by atoms with E-state index in [4.69, 9.17) is 4.42 Å². The molecule has 0 aliphatic carbocycles. The standard InChI is InChI=1S/C36H18Br4N2O/c37-19-1-7-31-25(13-19)26-14-20(38)2-8-32(26)41(31)23-5-11-35-29(17-23)30-18-24(6-12-36(30)43-35)42-33-9-3-21(39)15-27(33)28-16-22(40)4-10-34(28)42/h1-18H. The number of hydrogen-bond acceptors (Lipinski definition) is 1. The highest BCUT2D eigenvalue weighted by Gasteiger charge is 2.17. The van der Waals surface area contributed by atoms with Gasteiger partial charge in [-0.15, -0.1) is 0 Å². The van der Waals surface area contributed by atoms with Crippen molar-refractivity contribution in [2.75, 3.05) is 0 Å². The van der Waals surface area contributed by atoms with Crippen LogP contribution in [0, 0.1) is 0 Å². The molecule has 0 unspecified atom stereocenters. The van der Waals surface area contributed by atoms with Gasteiger partial charge in [-0.25, -0.2) is 0 Å². The Labute approximate surface area is 279 Å². The molecule has 0 saturated carbocycles. The maximum atomic E-state index is 6.37. The van der Waals surface area contributed by atoms with Gasteiger partial charge in [-0.1, -0.05) is 63.7 Å². The molecule has 0 atom stereocenters. The molecule has 0 saturated heterocycles. The first-order chi connectivity index (χ1) is 20.9. The zero-order valence-corrected chi connectivity index (χ0v) is 28.6. The van der Waals surface area contributed by atoms with Gasteiger partial charge in [0.25, 0.3) is 0 Å². The molecule has 3 nitrogen and oxygen atoms in total. The van der Waals surface area contributed by atoms with Gasteiger partial charge in [0.05, 0.1) is 22.1 Å². The van der Waals surface area contributed by atoms with Crippen LogP contribution in [0.5, 0.6) is 0 Å². The third kappa shape index (κ3) is 3.95. The van der Waals surface area contributed by atoms with Crippen molar-refractivity contribution in [2.24, 2.45) is 0 Å². The first kappa shape index (κ1) is 26.1. The van der Waals surface area contributed by atoms with Crippen molar-refractivity contribution in [3.63, 3.8) is 0 Å². The third-order valence-corrected chi connectivity index (χ3v) is 10.3. The fraction of sp³-hybridized carbons (Fsp3) is 0. The molecule has 9 aromatic rings. The summed E-state index contributed by atoms with van der Waals surface area (Å²) in [5.41, 5.74) is 8.57. The van der Waals surface area contributed by atoms with Crippen LogP contribution in [-0.2, 0) is 0 Å². The Morgan fingerprint density at radius 1 is 0.349 bits per heavy atom. The van der Waals surface area contributed by atoms with Crippen molar-refractivity contribution >= 4 is 129 Å². The zero-order chi connectivity index (χ0) is 29.0. The summed E-state index contributed by atoms with van der Waals surface area (Å²) >= 11 is 14.7. The van der Waals surface area contributed by atoms with Crippen LogP contribution in [0.4, 0.5) is 0 Å². The van der Waals surface area contributed by atoms with E-state index in [1.54, 1.807) is 0 Å². The fourth-order valence-electron chi connectivity index (χ4n) is 6.52. The molecule has 0 aliphatic heterocycles. The number of nitrogens with zero attached hydrogens (tertiary/aromatic N) is 2. The van der Waals surface area contributed by atoms with Crippen molar-refractivity contribution in [1.82, 2.24) is 9.13 Å². The van der Waals surface area contributed by atoms with E-state index >= 15 is 0 Å². The van der Waals surface area contributed by atoms with Crippen LogP contribution in [0.2, 0.25) is 0 Å². The Balaban J connectivity index is 1.31. The Hall–Kier alpha value is -3.36. The highest BCUT2D eigenvalue weighted by molar-refractivity contribution is 9.11. The number of aromatic nitrogens is 2. The maximum absolute atomic E-state index is 6.37. The third-order valence-electron chi connectivity index (χ3n) is 8.33. The minimum absolute atomic E-state index is 0.872. The molecule has 6 aromatic carbocycles. The molecule has 0 bridgehead atoms. The second-order valence-corrected chi connectivity index (χ2v) is 14.4. The van der Waals surface area contributed by atoms with E-state index in [-0.39, 0.29) is 0 Å². The minimum atomic E-state index is 0.872. The topological polar surface area (TPSA) is 23.0 Å². The molecule has 3 heterocycles. The monoisotopic (exact) mass is 810 g/mol. The van der Waals surface area contributed by atoms with Crippen LogP contribution in [0.25, 0.3) is 76.9 Å². The quantitative estimate of drug-likeness (QED) is 0.170. The molecule has 3 aromatic heterocycles. The van der Waals surface area contributed by atoms with E-state index in [0.29, 0.717) is 0 Å². The van der Waals surface area contributed by atoms with Crippen LogP contribution in [0.15, 0.2) is 132 Å². The predicted molar refractivity (Wildman–Crippen MR) is 193 cm³/mol. The van der Waals surface area contributed by atoms with Crippen LogP contribution in [0.3, 0.4) is 0 Å². The van der Waals surface area contributed by atoms with Gasteiger partial charge in [0.2, 0.25) is 0 Å².